The van der Waals surface area contributed by atoms with Crippen molar-refractivity contribution in [3.8, 4) is 0 Å². The molecule has 0 unspecified atom stereocenters. The first kappa shape index (κ1) is 10.0. The lowest BCUT2D eigenvalue weighted by molar-refractivity contribution is 0.0995. The first-order valence-corrected chi connectivity index (χ1v) is 4.48. The standard InChI is InChI=1S/C8H9N7O/c9-8(16)6-3-5(1-2-10-6)11-4-7-12-14-15-13-7/h1-3H,4H2,(H2,9,16)(H,10,11)(H,12,13,14,15). The zero-order valence-electron chi connectivity index (χ0n) is 8.21. The van der Waals surface area contributed by atoms with Crippen LogP contribution in [0.2, 0.25) is 0 Å². The fourth-order valence-electron chi connectivity index (χ4n) is 1.11. The van der Waals surface area contributed by atoms with Crippen LogP contribution < -0.4 is 11.1 Å². The predicted octanol–water partition coefficient (Wildman–Crippen LogP) is -0.694. The van der Waals surface area contributed by atoms with Gasteiger partial charge in [-0.1, -0.05) is 5.21 Å². The summed E-state index contributed by atoms with van der Waals surface area (Å²) in [5.74, 6) is -0.0411. The number of carbonyl (C=O) groups excluding carboxylic acids is 1. The van der Waals surface area contributed by atoms with E-state index in [9.17, 15) is 4.79 Å². The molecule has 0 radical (unpaired) electrons. The first-order valence-electron chi connectivity index (χ1n) is 4.48. The van der Waals surface area contributed by atoms with E-state index >= 15 is 0 Å². The van der Waals surface area contributed by atoms with Crippen molar-refractivity contribution in [1.29, 1.82) is 0 Å². The van der Waals surface area contributed by atoms with E-state index in [0.717, 1.165) is 0 Å². The molecule has 0 aliphatic rings. The number of aromatic nitrogens is 5. The van der Waals surface area contributed by atoms with E-state index in [1.807, 2.05) is 0 Å². The second kappa shape index (κ2) is 4.34. The van der Waals surface area contributed by atoms with Gasteiger partial charge in [0.15, 0.2) is 5.82 Å². The molecular weight excluding hydrogens is 210 g/mol. The monoisotopic (exact) mass is 219 g/mol. The van der Waals surface area contributed by atoms with Gasteiger partial charge in [0.05, 0.1) is 6.54 Å². The summed E-state index contributed by atoms with van der Waals surface area (Å²) >= 11 is 0. The van der Waals surface area contributed by atoms with E-state index in [1.54, 1.807) is 12.1 Å². The Morgan fingerprint density at radius 3 is 3.12 bits per heavy atom. The highest BCUT2D eigenvalue weighted by Gasteiger charge is 2.03. The number of nitrogens with two attached hydrogens (primary N) is 1. The predicted molar refractivity (Wildman–Crippen MR) is 54.3 cm³/mol. The van der Waals surface area contributed by atoms with Crippen LogP contribution in [0.4, 0.5) is 5.69 Å². The number of primary amides is 1. The zero-order chi connectivity index (χ0) is 11.4. The van der Waals surface area contributed by atoms with Gasteiger partial charge in [-0.2, -0.15) is 5.21 Å². The van der Waals surface area contributed by atoms with Crippen molar-refractivity contribution >= 4 is 11.6 Å². The maximum Gasteiger partial charge on any atom is 0.267 e. The summed E-state index contributed by atoms with van der Waals surface area (Å²) in [4.78, 5) is 14.7. The third kappa shape index (κ3) is 2.29. The molecule has 8 nitrogen and oxygen atoms in total. The summed E-state index contributed by atoms with van der Waals surface area (Å²) in [5, 5.41) is 16.3. The summed E-state index contributed by atoms with van der Waals surface area (Å²) in [6.45, 7) is 0.402. The number of nitrogens with one attached hydrogen (secondary N) is 2. The largest absolute Gasteiger partial charge is 0.377 e. The molecule has 4 N–H and O–H groups in total. The normalized spacial score (nSPS) is 10.0. The summed E-state index contributed by atoms with van der Waals surface area (Å²) in [6.07, 6.45) is 1.50. The average Bonchev–Trinajstić information content (AvgIpc) is 2.79. The minimum Gasteiger partial charge on any atom is -0.377 e. The second-order valence-corrected chi connectivity index (χ2v) is 2.98. The van der Waals surface area contributed by atoms with Crippen LogP contribution in [0.5, 0.6) is 0 Å². The maximum absolute atomic E-state index is 10.9. The van der Waals surface area contributed by atoms with Crippen LogP contribution in [0.3, 0.4) is 0 Å². The fraction of sp³-hybridized carbons (Fsp3) is 0.125. The molecule has 16 heavy (non-hydrogen) atoms. The molecule has 2 rings (SSSR count). The van der Waals surface area contributed by atoms with Crippen molar-refractivity contribution in [2.24, 2.45) is 5.73 Å². The molecule has 2 heterocycles. The Morgan fingerprint density at radius 1 is 1.56 bits per heavy atom. The van der Waals surface area contributed by atoms with Crippen molar-refractivity contribution in [2.45, 2.75) is 6.54 Å². The minimum absolute atomic E-state index is 0.207. The summed E-state index contributed by atoms with van der Waals surface area (Å²) in [5.41, 5.74) is 6.03. The molecule has 2 aromatic heterocycles. The topological polar surface area (TPSA) is 122 Å². The molecule has 82 valence electrons. The number of aromatic amines is 1. The Bertz CT molecular complexity index is 481. The van der Waals surface area contributed by atoms with Crippen molar-refractivity contribution in [2.75, 3.05) is 5.32 Å². The molecule has 0 saturated heterocycles. The molecule has 0 atom stereocenters. The number of rotatable bonds is 4. The minimum atomic E-state index is -0.566. The van der Waals surface area contributed by atoms with Crippen molar-refractivity contribution < 1.29 is 4.79 Å². The number of hydrogen-bond donors (Lipinski definition) is 3. The third-order valence-corrected chi connectivity index (χ3v) is 1.85. The molecule has 0 bridgehead atoms. The average molecular weight is 219 g/mol. The smallest absolute Gasteiger partial charge is 0.267 e. The lowest BCUT2D eigenvalue weighted by atomic mass is 10.3. The summed E-state index contributed by atoms with van der Waals surface area (Å²) in [6, 6.07) is 3.27. The van der Waals surface area contributed by atoms with Crippen LogP contribution >= 0.6 is 0 Å². The lowest BCUT2D eigenvalue weighted by Gasteiger charge is -2.03. The summed E-state index contributed by atoms with van der Waals surface area (Å²) in [7, 11) is 0. The van der Waals surface area contributed by atoms with E-state index in [-0.39, 0.29) is 5.69 Å². The maximum atomic E-state index is 10.9. The SMILES string of the molecule is NC(=O)c1cc(NCc2nn[nH]n2)ccn1. The van der Waals surface area contributed by atoms with Gasteiger partial charge < -0.3 is 11.1 Å². The van der Waals surface area contributed by atoms with E-state index in [1.165, 1.54) is 6.20 Å². The Balaban J connectivity index is 2.04. The van der Waals surface area contributed by atoms with Crippen LogP contribution in [0.15, 0.2) is 18.3 Å². The molecule has 0 fully saturated rings. The Kier molecular flexibility index (Phi) is 2.72. The van der Waals surface area contributed by atoms with Crippen molar-refractivity contribution in [3.05, 3.63) is 29.8 Å². The third-order valence-electron chi connectivity index (χ3n) is 1.85. The molecule has 2 aromatic rings. The molecule has 8 heteroatoms. The van der Waals surface area contributed by atoms with Crippen LogP contribution in [0.25, 0.3) is 0 Å². The zero-order valence-corrected chi connectivity index (χ0v) is 8.21. The van der Waals surface area contributed by atoms with Crippen molar-refractivity contribution in [3.63, 3.8) is 0 Å². The molecule has 0 spiro atoms. The number of H-pyrrole nitrogens is 1. The number of nitrogens with zero attached hydrogens (tertiary/aromatic N) is 4. The van der Waals surface area contributed by atoms with Crippen LogP contribution in [-0.2, 0) is 6.54 Å². The van der Waals surface area contributed by atoms with Crippen LogP contribution in [-0.4, -0.2) is 31.5 Å². The quantitative estimate of drug-likeness (QED) is 0.625. The molecular formula is C8H9N7O. The van der Waals surface area contributed by atoms with Gasteiger partial charge in [-0.3, -0.25) is 9.78 Å². The van der Waals surface area contributed by atoms with Gasteiger partial charge in [0.1, 0.15) is 5.69 Å². The highest BCUT2D eigenvalue weighted by Crippen LogP contribution is 2.08. The molecule has 0 aliphatic carbocycles. The van der Waals surface area contributed by atoms with E-state index in [4.69, 9.17) is 5.73 Å². The lowest BCUT2D eigenvalue weighted by Crippen LogP contribution is -2.13. The number of hydrogen-bond acceptors (Lipinski definition) is 6. The molecule has 0 aromatic carbocycles. The van der Waals surface area contributed by atoms with Crippen LogP contribution in [0.1, 0.15) is 16.3 Å². The van der Waals surface area contributed by atoms with Crippen LogP contribution in [0, 0.1) is 0 Å². The van der Waals surface area contributed by atoms with Gasteiger partial charge in [-0.25, -0.2) is 0 Å². The first-order chi connectivity index (χ1) is 7.75. The molecule has 0 saturated carbocycles. The van der Waals surface area contributed by atoms with Crippen molar-refractivity contribution in [1.82, 2.24) is 25.6 Å². The van der Waals surface area contributed by atoms with Gasteiger partial charge in [-0.15, -0.1) is 10.2 Å². The highest BCUT2D eigenvalue weighted by molar-refractivity contribution is 5.91. The van der Waals surface area contributed by atoms with Gasteiger partial charge in [0.2, 0.25) is 0 Å². The Hall–Kier alpha value is -2.51. The number of amides is 1. The summed E-state index contributed by atoms with van der Waals surface area (Å²) < 4.78 is 0. The second-order valence-electron chi connectivity index (χ2n) is 2.98. The number of anilines is 1. The molecule has 0 aliphatic heterocycles. The van der Waals surface area contributed by atoms with E-state index in [0.29, 0.717) is 18.1 Å². The molecule has 1 amide bonds. The van der Waals surface area contributed by atoms with E-state index in [2.05, 4.69) is 30.9 Å². The number of carbonyl (C=O) groups is 1. The number of pyridine rings is 1. The number of tetrazole rings is 1. The highest BCUT2D eigenvalue weighted by atomic mass is 16.1. The van der Waals surface area contributed by atoms with Gasteiger partial charge in [0.25, 0.3) is 5.91 Å². The fourth-order valence-corrected chi connectivity index (χ4v) is 1.11. The van der Waals surface area contributed by atoms with E-state index < -0.39 is 5.91 Å². The Morgan fingerprint density at radius 2 is 2.44 bits per heavy atom. The van der Waals surface area contributed by atoms with Gasteiger partial charge in [0, 0.05) is 11.9 Å². The Labute approximate surface area is 90.3 Å². The van der Waals surface area contributed by atoms with Gasteiger partial charge in [-0.05, 0) is 12.1 Å². The van der Waals surface area contributed by atoms with Gasteiger partial charge >= 0.3 is 0 Å².